The maximum atomic E-state index is 13.5. The Kier molecular flexibility index (Phi) is 7.23. The molecule has 0 aliphatic rings. The van der Waals surface area contributed by atoms with Crippen molar-refractivity contribution in [3.63, 3.8) is 0 Å². The normalized spacial score (nSPS) is 10.9. The third-order valence-electron chi connectivity index (χ3n) is 5.15. The van der Waals surface area contributed by atoms with Crippen LogP contribution in [0.5, 0.6) is 0 Å². The first-order valence-corrected chi connectivity index (χ1v) is 11.4. The summed E-state index contributed by atoms with van der Waals surface area (Å²) in [5, 5.41) is 8.07. The average molecular weight is 498 g/mol. The van der Waals surface area contributed by atoms with Crippen molar-refractivity contribution < 1.29 is 4.79 Å². The predicted molar refractivity (Wildman–Crippen MR) is 133 cm³/mol. The zero-order chi connectivity index (χ0) is 23.4. The van der Waals surface area contributed by atoms with Crippen molar-refractivity contribution in [3.8, 4) is 11.4 Å². The molecule has 33 heavy (non-hydrogen) atoms. The van der Waals surface area contributed by atoms with Crippen LogP contribution in [0.2, 0.25) is 10.0 Å². The minimum absolute atomic E-state index is 0.0344. The number of nitrogens with zero attached hydrogens (tertiary/aromatic N) is 4. The Bertz CT molecular complexity index is 1320. The second-order valence-electron chi connectivity index (χ2n) is 7.62. The number of hydrogen-bond donors (Lipinski definition) is 1. The molecule has 9 heteroatoms. The Hall–Kier alpha value is -3.00. The fourth-order valence-electron chi connectivity index (χ4n) is 3.40. The minimum Gasteiger partial charge on any atom is -0.331 e. The van der Waals surface area contributed by atoms with Crippen LogP contribution in [0.15, 0.2) is 66.9 Å². The number of halogens is 2. The summed E-state index contributed by atoms with van der Waals surface area (Å²) in [6.45, 7) is 2.73. The maximum absolute atomic E-state index is 13.5. The number of aromatic nitrogens is 4. The number of H-pyrrole nitrogens is 1. The maximum Gasteiger partial charge on any atom is 0.243 e. The number of nitrogens with one attached hydrogen (secondary N) is 1. The van der Waals surface area contributed by atoms with Crippen molar-refractivity contribution in [3.05, 3.63) is 98.5 Å². The molecule has 4 aromatic rings. The molecule has 0 bridgehead atoms. The van der Waals surface area contributed by atoms with E-state index in [0.717, 1.165) is 22.4 Å². The lowest BCUT2D eigenvalue weighted by atomic mass is 10.1. The van der Waals surface area contributed by atoms with Crippen LogP contribution in [0.25, 0.3) is 11.4 Å². The molecule has 1 N–H and O–H groups in total. The van der Waals surface area contributed by atoms with Gasteiger partial charge in [0.15, 0.2) is 10.6 Å². The highest BCUT2D eigenvalue weighted by Crippen LogP contribution is 2.24. The van der Waals surface area contributed by atoms with E-state index in [-0.39, 0.29) is 12.5 Å². The van der Waals surface area contributed by atoms with Gasteiger partial charge in [0.1, 0.15) is 6.54 Å². The summed E-state index contributed by atoms with van der Waals surface area (Å²) in [5.74, 6) is 0.485. The number of aromatic amines is 1. The molecule has 0 radical (unpaired) electrons. The first-order valence-electron chi connectivity index (χ1n) is 10.2. The average Bonchev–Trinajstić information content (AvgIpc) is 3.17. The first kappa shape index (κ1) is 23.2. The lowest BCUT2D eigenvalue weighted by molar-refractivity contribution is -0.133. The molecular formula is C24H21Cl2N5OS. The van der Waals surface area contributed by atoms with Crippen LogP contribution in [0, 0.1) is 11.7 Å². The van der Waals surface area contributed by atoms with Crippen LogP contribution < -0.4 is 0 Å². The van der Waals surface area contributed by atoms with Gasteiger partial charge in [0, 0.05) is 18.3 Å². The van der Waals surface area contributed by atoms with E-state index in [4.69, 9.17) is 35.4 Å². The van der Waals surface area contributed by atoms with Gasteiger partial charge in [-0.05, 0) is 49.0 Å². The molecule has 1 amide bonds. The number of hydrogen-bond acceptors (Lipinski definition) is 4. The van der Waals surface area contributed by atoms with Crippen molar-refractivity contribution in [2.24, 2.45) is 0 Å². The lowest BCUT2D eigenvalue weighted by Gasteiger charge is -2.23. The SMILES string of the molecule is Cc1ccc(-c2n[nH]c(=S)n2CC(=O)N(Cc2ccc(Cl)c(Cl)c2)Cc2ccccn2)cc1. The number of rotatable bonds is 7. The highest BCUT2D eigenvalue weighted by Gasteiger charge is 2.19. The summed E-state index contributed by atoms with van der Waals surface area (Å²) in [4.78, 5) is 19.6. The van der Waals surface area contributed by atoms with E-state index in [1.165, 1.54) is 0 Å². The molecule has 0 fully saturated rings. The third kappa shape index (κ3) is 5.68. The number of pyridine rings is 1. The van der Waals surface area contributed by atoms with Gasteiger partial charge in [0.2, 0.25) is 5.91 Å². The molecular weight excluding hydrogens is 477 g/mol. The standard InChI is InChI=1S/C24H21Cl2N5OS/c1-16-5-8-18(9-6-16)23-28-29-24(33)31(23)15-22(32)30(14-19-4-2-3-11-27-19)13-17-7-10-20(25)21(26)12-17/h2-12H,13-15H2,1H3,(H,29,33). The van der Waals surface area contributed by atoms with Crippen molar-refractivity contribution in [1.82, 2.24) is 24.6 Å². The van der Waals surface area contributed by atoms with Crippen LogP contribution >= 0.6 is 35.4 Å². The monoisotopic (exact) mass is 497 g/mol. The summed E-state index contributed by atoms with van der Waals surface area (Å²) in [6, 6.07) is 18.9. The molecule has 2 aromatic heterocycles. The Morgan fingerprint density at radius 1 is 1.06 bits per heavy atom. The van der Waals surface area contributed by atoms with E-state index in [0.29, 0.717) is 33.7 Å². The first-order chi connectivity index (χ1) is 15.9. The Morgan fingerprint density at radius 3 is 2.55 bits per heavy atom. The smallest absolute Gasteiger partial charge is 0.243 e. The summed E-state index contributed by atoms with van der Waals surface area (Å²) < 4.78 is 2.09. The van der Waals surface area contributed by atoms with Crippen LogP contribution in [0.1, 0.15) is 16.8 Å². The van der Waals surface area contributed by atoms with E-state index < -0.39 is 0 Å². The van der Waals surface area contributed by atoms with Gasteiger partial charge < -0.3 is 4.90 Å². The quantitative estimate of drug-likeness (QED) is 0.325. The van der Waals surface area contributed by atoms with Crippen molar-refractivity contribution >= 4 is 41.3 Å². The number of benzene rings is 2. The van der Waals surface area contributed by atoms with Gasteiger partial charge in [-0.15, -0.1) is 0 Å². The van der Waals surface area contributed by atoms with Gasteiger partial charge in [0.25, 0.3) is 0 Å². The third-order valence-corrected chi connectivity index (χ3v) is 6.20. The molecule has 2 aromatic carbocycles. The largest absolute Gasteiger partial charge is 0.331 e. The molecule has 0 aliphatic carbocycles. The predicted octanol–water partition coefficient (Wildman–Crippen LogP) is 5.85. The molecule has 4 rings (SSSR count). The Balaban J connectivity index is 1.62. The topological polar surface area (TPSA) is 66.8 Å². The fourth-order valence-corrected chi connectivity index (χ4v) is 3.92. The second-order valence-corrected chi connectivity index (χ2v) is 8.82. The van der Waals surface area contributed by atoms with Gasteiger partial charge >= 0.3 is 0 Å². The van der Waals surface area contributed by atoms with Gasteiger partial charge in [-0.1, -0.05) is 65.2 Å². The van der Waals surface area contributed by atoms with Crippen molar-refractivity contribution in [1.29, 1.82) is 0 Å². The highest BCUT2D eigenvalue weighted by atomic mass is 35.5. The van der Waals surface area contributed by atoms with Gasteiger partial charge in [0.05, 0.1) is 22.3 Å². The number of amides is 1. The number of carbonyl (C=O) groups is 1. The zero-order valence-electron chi connectivity index (χ0n) is 17.8. The molecule has 0 spiro atoms. The van der Waals surface area contributed by atoms with Crippen LogP contribution in [0.4, 0.5) is 0 Å². The second kappa shape index (κ2) is 10.3. The van der Waals surface area contributed by atoms with E-state index in [1.54, 1.807) is 27.8 Å². The van der Waals surface area contributed by atoms with Gasteiger partial charge in [-0.25, -0.2) is 0 Å². The van der Waals surface area contributed by atoms with E-state index in [2.05, 4.69) is 15.2 Å². The molecule has 0 unspecified atom stereocenters. The Morgan fingerprint density at radius 2 is 1.85 bits per heavy atom. The van der Waals surface area contributed by atoms with E-state index >= 15 is 0 Å². The van der Waals surface area contributed by atoms with Crippen LogP contribution in [-0.2, 0) is 24.4 Å². The molecule has 0 saturated carbocycles. The molecule has 6 nitrogen and oxygen atoms in total. The summed E-state index contributed by atoms with van der Waals surface area (Å²) >= 11 is 17.7. The molecule has 2 heterocycles. The number of carbonyl (C=O) groups excluding carboxylic acids is 1. The summed E-state index contributed by atoms with van der Waals surface area (Å²) in [7, 11) is 0. The van der Waals surface area contributed by atoms with Crippen LogP contribution in [0.3, 0.4) is 0 Å². The van der Waals surface area contributed by atoms with E-state index in [9.17, 15) is 4.79 Å². The van der Waals surface area contributed by atoms with Crippen molar-refractivity contribution in [2.75, 3.05) is 0 Å². The zero-order valence-corrected chi connectivity index (χ0v) is 20.2. The number of aryl methyl sites for hydroxylation is 1. The minimum atomic E-state index is -0.127. The van der Waals surface area contributed by atoms with Gasteiger partial charge in [-0.3, -0.25) is 19.4 Å². The molecule has 0 atom stereocenters. The van der Waals surface area contributed by atoms with Crippen molar-refractivity contribution in [2.45, 2.75) is 26.6 Å². The molecule has 0 aliphatic heterocycles. The van der Waals surface area contributed by atoms with Gasteiger partial charge in [-0.2, -0.15) is 5.10 Å². The lowest BCUT2D eigenvalue weighted by Crippen LogP contribution is -2.33. The summed E-state index contributed by atoms with van der Waals surface area (Å²) in [6.07, 6.45) is 1.71. The molecule has 168 valence electrons. The van der Waals surface area contributed by atoms with Crippen LogP contribution in [-0.4, -0.2) is 30.6 Å². The Labute approximate surface area is 206 Å². The summed E-state index contributed by atoms with van der Waals surface area (Å²) in [5.41, 5.74) is 3.66. The highest BCUT2D eigenvalue weighted by molar-refractivity contribution is 7.71. The molecule has 0 saturated heterocycles. The van der Waals surface area contributed by atoms with E-state index in [1.807, 2.05) is 55.5 Å². The fraction of sp³-hybridized carbons (Fsp3) is 0.167.